The van der Waals surface area contributed by atoms with Crippen LogP contribution in [0, 0.1) is 34.6 Å². The average molecular weight is 1800 g/mol. The van der Waals surface area contributed by atoms with Crippen molar-refractivity contribution in [3.63, 3.8) is 0 Å². The molecule has 25 aromatic carbocycles. The molecular weight excluding hydrogens is 1690 g/mol. The molecule has 0 fully saturated rings. The maximum absolute atomic E-state index is 3.68. The minimum absolute atomic E-state index is 1.09. The molecule has 0 aliphatic heterocycles. The fraction of sp³-hybridized carbons (Fsp3) is 0.0370. The molecule has 0 heterocycles. The van der Waals surface area contributed by atoms with Crippen LogP contribution in [0.4, 0.5) is 56.9 Å². The van der Waals surface area contributed by atoms with E-state index in [2.05, 4.69) is 577 Å². The van der Waals surface area contributed by atoms with E-state index < -0.39 is 0 Å². The highest BCUT2D eigenvalue weighted by molar-refractivity contribution is 6.16. The molecular formula is C135H105N5. The quantitative estimate of drug-likeness (QED) is 0.0523. The van der Waals surface area contributed by atoms with Gasteiger partial charge in [0.1, 0.15) is 0 Å². The zero-order valence-corrected chi connectivity index (χ0v) is 79.1. The van der Waals surface area contributed by atoms with Crippen LogP contribution in [0.1, 0.15) is 27.8 Å². The second kappa shape index (κ2) is 40.7. The maximum atomic E-state index is 3.68. The van der Waals surface area contributed by atoms with Crippen molar-refractivity contribution < 1.29 is 0 Å². The zero-order chi connectivity index (χ0) is 94.6. The van der Waals surface area contributed by atoms with Gasteiger partial charge >= 0.3 is 0 Å². The Kier molecular flexibility index (Phi) is 25.8. The molecule has 5 nitrogen and oxygen atoms in total. The minimum atomic E-state index is 1.09. The molecule has 0 aliphatic rings. The summed E-state index contributed by atoms with van der Waals surface area (Å²) < 4.78 is 0. The monoisotopic (exact) mass is 1800 g/mol. The fourth-order valence-corrected chi connectivity index (χ4v) is 18.9. The predicted molar refractivity (Wildman–Crippen MR) is 607 cm³/mol. The standard InChI is InChI=1S/5C27H21N/c1-19-10-12-20(13-11-19)21-14-16-24(17-15-21)28-27-25-8-4-2-6-22(25)18-23-7-3-5-9-26(23)27;1-19-9-11-20(12-10-19)21-15-17-24(18-16-21)28-26-8-4-6-23-14-13-22-5-2-3-7-25(22)27(23)26;1-19-9-11-20(12-10-19)21-13-16-23(17-14-21)28-27-8-4-7-25-24-6-3-2-5-22(24)15-18-26(25)27;1-19-6-8-20(9-7-19)21-12-15-24(16-13-21)28-25-17-14-23-11-10-22-4-2-3-5-26(22)27(23)18-25;1-19-6-8-20(9-7-19)21-12-14-24(15-13-21)28-25-16-17-27-23(18-25)11-10-22-4-2-3-5-26(22)27/h5*2-18,28H,1H3. The molecule has 5 heteroatoms. The van der Waals surface area contributed by atoms with Crippen LogP contribution in [-0.4, -0.2) is 0 Å². The smallest absolute Gasteiger partial charge is 0.0543 e. The first-order valence-electron chi connectivity index (χ1n) is 48.1. The molecule has 0 unspecified atom stereocenters. The van der Waals surface area contributed by atoms with Gasteiger partial charge in [-0.15, -0.1) is 0 Å². The Bertz CT molecular complexity index is 8610. The van der Waals surface area contributed by atoms with Crippen molar-refractivity contribution in [3.05, 3.63) is 543 Å². The lowest BCUT2D eigenvalue weighted by molar-refractivity contribution is 1.47. The van der Waals surface area contributed by atoms with Crippen molar-refractivity contribution in [2.24, 2.45) is 0 Å². The van der Waals surface area contributed by atoms with Gasteiger partial charge in [0.2, 0.25) is 0 Å². The van der Waals surface area contributed by atoms with Gasteiger partial charge in [-0.1, -0.05) is 440 Å². The van der Waals surface area contributed by atoms with Gasteiger partial charge in [0.15, 0.2) is 0 Å². The van der Waals surface area contributed by atoms with E-state index in [1.54, 1.807) is 0 Å². The maximum Gasteiger partial charge on any atom is 0.0543 e. The first-order chi connectivity index (χ1) is 68.8. The SMILES string of the molecule is Cc1ccc(-c2ccc(Nc3c4ccccc4cc4ccccc34)cc2)cc1.Cc1ccc(-c2ccc(Nc3ccc4c(ccc5ccccc54)c3)cc2)cc1.Cc1ccc(-c2ccc(Nc3ccc4ccc5ccccc5c4c3)cc2)cc1.Cc1ccc(-c2ccc(Nc3cccc4c3ccc3ccccc34)cc2)cc1.Cc1ccc(-c2ccc(Nc3cccc4ccc5ccccc5c34)cc2)cc1. The molecule has 0 aromatic heterocycles. The lowest BCUT2D eigenvalue weighted by atomic mass is 10.00. The number of benzene rings is 25. The Hall–Kier alpha value is -17.9. The summed E-state index contributed by atoms with van der Waals surface area (Å²) in [6, 6.07) is 184. The molecule has 0 spiro atoms. The van der Waals surface area contributed by atoms with Gasteiger partial charge in [-0.2, -0.15) is 0 Å². The van der Waals surface area contributed by atoms with Gasteiger partial charge < -0.3 is 26.6 Å². The average Bonchev–Trinajstić information content (AvgIpc) is 0.782. The summed E-state index contributed by atoms with van der Waals surface area (Å²) >= 11 is 0. The van der Waals surface area contributed by atoms with Gasteiger partial charge in [0.25, 0.3) is 0 Å². The molecule has 0 radical (unpaired) electrons. The summed E-state index contributed by atoms with van der Waals surface area (Å²) in [5.74, 6) is 0. The lowest BCUT2D eigenvalue weighted by Crippen LogP contribution is -1.93. The minimum Gasteiger partial charge on any atom is -0.356 e. The van der Waals surface area contributed by atoms with Crippen molar-refractivity contribution in [2.45, 2.75) is 34.6 Å². The largest absolute Gasteiger partial charge is 0.356 e. The van der Waals surface area contributed by atoms with Crippen LogP contribution in [0.25, 0.3) is 163 Å². The van der Waals surface area contributed by atoms with Gasteiger partial charge in [-0.3, -0.25) is 0 Å². The Balaban J connectivity index is 0.000000104. The van der Waals surface area contributed by atoms with Gasteiger partial charge in [-0.25, -0.2) is 0 Å². The van der Waals surface area contributed by atoms with Crippen molar-refractivity contribution in [1.29, 1.82) is 0 Å². The fourth-order valence-electron chi connectivity index (χ4n) is 18.9. The third kappa shape index (κ3) is 20.2. The number of fused-ring (bicyclic) bond motifs is 14. The van der Waals surface area contributed by atoms with Crippen LogP contribution in [0.5, 0.6) is 0 Å². The second-order valence-corrected chi connectivity index (χ2v) is 36.4. The van der Waals surface area contributed by atoms with E-state index in [1.165, 1.54) is 191 Å². The molecule has 0 saturated heterocycles. The third-order valence-electron chi connectivity index (χ3n) is 26.6. The van der Waals surface area contributed by atoms with E-state index in [0.29, 0.717) is 0 Å². The van der Waals surface area contributed by atoms with Crippen LogP contribution in [0.2, 0.25) is 0 Å². The van der Waals surface area contributed by atoms with Crippen molar-refractivity contribution >= 4 is 165 Å². The van der Waals surface area contributed by atoms with Gasteiger partial charge in [0.05, 0.1) is 5.69 Å². The Morgan fingerprint density at radius 2 is 0.357 bits per heavy atom. The number of hydrogen-bond donors (Lipinski definition) is 5. The van der Waals surface area contributed by atoms with E-state index in [0.717, 1.165) is 56.9 Å². The number of rotatable bonds is 15. The number of aryl methyl sites for hydroxylation is 5. The summed E-state index contributed by atoms with van der Waals surface area (Å²) in [4.78, 5) is 0. The summed E-state index contributed by atoms with van der Waals surface area (Å²) in [6.07, 6.45) is 0. The van der Waals surface area contributed by atoms with Crippen molar-refractivity contribution in [3.8, 4) is 55.6 Å². The van der Waals surface area contributed by atoms with Crippen LogP contribution in [-0.2, 0) is 0 Å². The highest BCUT2D eigenvalue weighted by Gasteiger charge is 2.15. The zero-order valence-electron chi connectivity index (χ0n) is 79.1. The van der Waals surface area contributed by atoms with Crippen LogP contribution in [0.3, 0.4) is 0 Å². The normalized spacial score (nSPS) is 11.0. The molecule has 25 rings (SSSR count). The first-order valence-corrected chi connectivity index (χ1v) is 48.1. The van der Waals surface area contributed by atoms with E-state index >= 15 is 0 Å². The predicted octanol–water partition coefficient (Wildman–Crippen LogP) is 38.6. The second-order valence-electron chi connectivity index (χ2n) is 36.4. The van der Waals surface area contributed by atoms with Gasteiger partial charge in [0, 0.05) is 72.7 Å². The van der Waals surface area contributed by atoms with Crippen molar-refractivity contribution in [1.82, 2.24) is 0 Å². The molecule has 0 aliphatic carbocycles. The van der Waals surface area contributed by atoms with E-state index in [1.807, 2.05) is 0 Å². The Morgan fingerprint density at radius 3 is 0.779 bits per heavy atom. The molecule has 25 aromatic rings. The molecule has 0 bridgehead atoms. The van der Waals surface area contributed by atoms with Crippen LogP contribution >= 0.6 is 0 Å². The summed E-state index contributed by atoms with van der Waals surface area (Å²) in [6.45, 7) is 10.6. The number of anilines is 10. The molecule has 5 N–H and O–H groups in total. The molecule has 0 atom stereocenters. The highest BCUT2D eigenvalue weighted by Crippen LogP contribution is 2.41. The molecule has 670 valence electrons. The Labute approximate surface area is 819 Å². The first kappa shape index (κ1) is 88.7. The number of hydrogen-bond acceptors (Lipinski definition) is 5. The van der Waals surface area contributed by atoms with Crippen LogP contribution < -0.4 is 26.6 Å². The van der Waals surface area contributed by atoms with E-state index in [-0.39, 0.29) is 0 Å². The molecule has 0 saturated carbocycles. The topological polar surface area (TPSA) is 60.1 Å². The summed E-state index contributed by atoms with van der Waals surface area (Å²) in [5.41, 5.74) is 29.9. The summed E-state index contributed by atoms with van der Waals surface area (Å²) in [5, 5.41) is 43.3. The number of nitrogens with one attached hydrogen (secondary N) is 5. The lowest BCUT2D eigenvalue weighted by Gasteiger charge is -2.14. The summed E-state index contributed by atoms with van der Waals surface area (Å²) in [7, 11) is 0. The van der Waals surface area contributed by atoms with E-state index in [9.17, 15) is 0 Å². The third-order valence-corrected chi connectivity index (χ3v) is 26.6. The molecule has 0 amide bonds. The van der Waals surface area contributed by atoms with Gasteiger partial charge in [-0.05, 0) is 280 Å². The highest BCUT2D eigenvalue weighted by atomic mass is 14.9. The van der Waals surface area contributed by atoms with Crippen LogP contribution in [0.15, 0.2) is 516 Å². The Morgan fingerprint density at radius 1 is 0.121 bits per heavy atom. The van der Waals surface area contributed by atoms with Crippen molar-refractivity contribution in [2.75, 3.05) is 26.6 Å². The molecule has 140 heavy (non-hydrogen) atoms. The van der Waals surface area contributed by atoms with E-state index in [4.69, 9.17) is 0 Å².